The predicted molar refractivity (Wildman–Crippen MR) is 111 cm³/mol. The predicted octanol–water partition coefficient (Wildman–Crippen LogP) is 2.83. The summed E-state index contributed by atoms with van der Waals surface area (Å²) < 4.78 is 0. The summed E-state index contributed by atoms with van der Waals surface area (Å²) in [5.74, 6) is -0.388. The first-order valence-electron chi connectivity index (χ1n) is 10.2. The third kappa shape index (κ3) is 5.85. The van der Waals surface area contributed by atoms with Crippen molar-refractivity contribution in [3.05, 3.63) is 36.5 Å². The van der Waals surface area contributed by atoms with Gasteiger partial charge in [0, 0.05) is 6.04 Å². The number of rotatable bonds is 7. The minimum atomic E-state index is -1.05. The van der Waals surface area contributed by atoms with Gasteiger partial charge in [0.15, 0.2) is 0 Å². The van der Waals surface area contributed by atoms with Crippen molar-refractivity contribution in [1.29, 1.82) is 0 Å². The Balaban J connectivity index is 1.91. The standard InChI is InChI=1S/C21H35BN2O2/c1-16-8-5-3-2-4-6-10-19(12-16)24-15-17-13-18(9-7-11-22)21(23,14-17)20(25)26/h2-3,5,8,17-19,24H,1,4,6-7,9-15,22-23H2,(H,25,26)/b3-2-,8-5-/t17-,18-,19?,21-/m0/s1. The van der Waals surface area contributed by atoms with Gasteiger partial charge in [0.1, 0.15) is 13.4 Å². The quantitative estimate of drug-likeness (QED) is 0.612. The number of nitrogens with two attached hydrogens (primary N) is 1. The lowest BCUT2D eigenvalue weighted by Gasteiger charge is -2.26. The molecule has 4 N–H and O–H groups in total. The van der Waals surface area contributed by atoms with Crippen LogP contribution >= 0.6 is 0 Å². The number of aliphatic carboxylic acids is 1. The van der Waals surface area contributed by atoms with Crippen LogP contribution in [0.3, 0.4) is 0 Å². The molecule has 1 saturated carbocycles. The molecule has 0 amide bonds. The minimum absolute atomic E-state index is 0.0961. The second kappa shape index (κ2) is 10.1. The number of hydrogen-bond donors (Lipinski definition) is 3. The van der Waals surface area contributed by atoms with Gasteiger partial charge in [-0.2, -0.15) is 0 Å². The zero-order valence-electron chi connectivity index (χ0n) is 16.3. The molecule has 5 heteroatoms. The molecular weight excluding hydrogens is 323 g/mol. The third-order valence-electron chi connectivity index (χ3n) is 5.98. The molecule has 2 aliphatic carbocycles. The highest BCUT2D eigenvalue weighted by Gasteiger charge is 2.49. The molecule has 144 valence electrons. The monoisotopic (exact) mass is 358 g/mol. The van der Waals surface area contributed by atoms with Gasteiger partial charge in [0.2, 0.25) is 0 Å². The van der Waals surface area contributed by atoms with E-state index in [2.05, 4.69) is 44.0 Å². The molecule has 1 fully saturated rings. The molecular formula is C21H35BN2O2. The maximum absolute atomic E-state index is 11.8. The van der Waals surface area contributed by atoms with Crippen molar-refractivity contribution in [3.63, 3.8) is 0 Å². The SMILES string of the molecule is BCCC[C@H]1C[C@H](CNC2CCC/C=C\C=C/C(=C)C2)C[C@@]1(N)C(=O)O. The Bertz CT molecular complexity index is 546. The van der Waals surface area contributed by atoms with Crippen molar-refractivity contribution in [2.45, 2.75) is 69.3 Å². The number of carboxylic acid groups (broad SMARTS) is 1. The molecule has 4 nitrogen and oxygen atoms in total. The van der Waals surface area contributed by atoms with Crippen molar-refractivity contribution in [2.75, 3.05) is 6.54 Å². The molecule has 0 aromatic carbocycles. The molecule has 0 saturated heterocycles. The van der Waals surface area contributed by atoms with E-state index in [0.29, 0.717) is 18.4 Å². The maximum Gasteiger partial charge on any atom is 0.323 e. The van der Waals surface area contributed by atoms with Gasteiger partial charge in [-0.05, 0) is 63.3 Å². The van der Waals surface area contributed by atoms with E-state index in [1.165, 1.54) is 0 Å². The molecule has 4 atom stereocenters. The van der Waals surface area contributed by atoms with Gasteiger partial charge in [-0.25, -0.2) is 0 Å². The average Bonchev–Trinajstić information content (AvgIpc) is 2.94. The van der Waals surface area contributed by atoms with Crippen LogP contribution < -0.4 is 11.1 Å². The highest BCUT2D eigenvalue weighted by atomic mass is 16.4. The molecule has 0 aliphatic heterocycles. The van der Waals surface area contributed by atoms with Crippen LogP contribution in [0.2, 0.25) is 6.32 Å². The summed E-state index contributed by atoms with van der Waals surface area (Å²) in [6.07, 6.45) is 17.4. The maximum atomic E-state index is 11.8. The van der Waals surface area contributed by atoms with Crippen LogP contribution in [0.15, 0.2) is 36.5 Å². The van der Waals surface area contributed by atoms with Crippen molar-refractivity contribution in [2.24, 2.45) is 17.6 Å². The summed E-state index contributed by atoms with van der Waals surface area (Å²) in [4.78, 5) is 11.8. The van der Waals surface area contributed by atoms with Gasteiger partial charge in [-0.3, -0.25) is 4.79 Å². The van der Waals surface area contributed by atoms with Crippen LogP contribution in [-0.4, -0.2) is 37.0 Å². The first kappa shape index (κ1) is 21.0. The Hall–Kier alpha value is -1.33. The number of hydrogen-bond acceptors (Lipinski definition) is 3. The Morgan fingerprint density at radius 3 is 3.00 bits per heavy atom. The van der Waals surface area contributed by atoms with Crippen LogP contribution in [0, 0.1) is 11.8 Å². The molecule has 0 aromatic heterocycles. The Kier molecular flexibility index (Phi) is 8.17. The summed E-state index contributed by atoms with van der Waals surface area (Å²) >= 11 is 0. The van der Waals surface area contributed by atoms with E-state index < -0.39 is 11.5 Å². The molecule has 0 radical (unpaired) electrons. The number of carbonyl (C=O) groups is 1. The van der Waals surface area contributed by atoms with E-state index in [1.807, 2.05) is 0 Å². The second-order valence-corrected chi connectivity index (χ2v) is 8.18. The third-order valence-corrected chi connectivity index (χ3v) is 5.98. The first-order valence-corrected chi connectivity index (χ1v) is 10.2. The zero-order chi connectivity index (χ0) is 19.0. The summed E-state index contributed by atoms with van der Waals surface area (Å²) in [6, 6.07) is 0.408. The van der Waals surface area contributed by atoms with E-state index in [1.54, 1.807) is 0 Å². The fourth-order valence-electron chi connectivity index (χ4n) is 4.43. The molecule has 1 unspecified atom stereocenters. The Morgan fingerprint density at radius 1 is 1.46 bits per heavy atom. The summed E-state index contributed by atoms with van der Waals surface area (Å²) in [7, 11) is 2.14. The fraction of sp³-hybridized carbons (Fsp3) is 0.667. The topological polar surface area (TPSA) is 75.3 Å². The molecule has 26 heavy (non-hydrogen) atoms. The second-order valence-electron chi connectivity index (χ2n) is 8.18. The number of nitrogens with one attached hydrogen (secondary N) is 1. The highest BCUT2D eigenvalue weighted by molar-refractivity contribution is 6.08. The number of carboxylic acids is 1. The van der Waals surface area contributed by atoms with Gasteiger partial charge in [-0.1, -0.05) is 49.2 Å². The van der Waals surface area contributed by atoms with E-state index in [0.717, 1.165) is 63.4 Å². The van der Waals surface area contributed by atoms with Crippen LogP contribution in [0.4, 0.5) is 0 Å². The summed E-state index contributed by atoms with van der Waals surface area (Å²) in [5.41, 5.74) is 6.43. The van der Waals surface area contributed by atoms with Crippen molar-refractivity contribution in [3.8, 4) is 0 Å². The van der Waals surface area contributed by atoms with E-state index >= 15 is 0 Å². The van der Waals surface area contributed by atoms with E-state index in [-0.39, 0.29) is 5.92 Å². The molecule has 2 rings (SSSR count). The lowest BCUT2D eigenvalue weighted by Crippen LogP contribution is -2.51. The number of allylic oxidation sites excluding steroid dienone is 4. The minimum Gasteiger partial charge on any atom is -0.480 e. The first-order chi connectivity index (χ1) is 12.5. The van der Waals surface area contributed by atoms with E-state index in [4.69, 9.17) is 5.73 Å². The van der Waals surface area contributed by atoms with Crippen molar-refractivity contribution >= 4 is 13.8 Å². The van der Waals surface area contributed by atoms with Gasteiger partial charge >= 0.3 is 5.97 Å². The molecule has 0 bridgehead atoms. The molecule has 0 spiro atoms. The fourth-order valence-corrected chi connectivity index (χ4v) is 4.43. The van der Waals surface area contributed by atoms with Crippen LogP contribution in [0.1, 0.15) is 51.4 Å². The van der Waals surface area contributed by atoms with Crippen molar-refractivity contribution in [1.82, 2.24) is 5.32 Å². The molecule has 0 heterocycles. The highest BCUT2D eigenvalue weighted by Crippen LogP contribution is 2.41. The normalized spacial score (nSPS) is 35.1. The van der Waals surface area contributed by atoms with Gasteiger partial charge in [0.25, 0.3) is 0 Å². The smallest absolute Gasteiger partial charge is 0.323 e. The van der Waals surface area contributed by atoms with Crippen LogP contribution in [-0.2, 0) is 4.79 Å². The summed E-state index contributed by atoms with van der Waals surface area (Å²) in [5, 5.41) is 13.4. The Labute approximate surface area is 159 Å². The lowest BCUT2D eigenvalue weighted by molar-refractivity contribution is -0.145. The lowest BCUT2D eigenvalue weighted by atomic mass is 9.83. The Morgan fingerprint density at radius 2 is 2.27 bits per heavy atom. The van der Waals surface area contributed by atoms with Crippen LogP contribution in [0.5, 0.6) is 0 Å². The molecule has 0 aromatic rings. The van der Waals surface area contributed by atoms with Crippen molar-refractivity contribution < 1.29 is 9.90 Å². The largest absolute Gasteiger partial charge is 0.480 e. The van der Waals surface area contributed by atoms with Gasteiger partial charge in [0.05, 0.1) is 0 Å². The zero-order valence-corrected chi connectivity index (χ0v) is 16.3. The average molecular weight is 358 g/mol. The van der Waals surface area contributed by atoms with Gasteiger partial charge < -0.3 is 16.2 Å². The van der Waals surface area contributed by atoms with Gasteiger partial charge in [-0.15, -0.1) is 0 Å². The molecule has 2 aliphatic rings. The van der Waals surface area contributed by atoms with E-state index in [9.17, 15) is 9.90 Å². The summed E-state index contributed by atoms with van der Waals surface area (Å²) in [6.45, 7) is 5.01. The van der Waals surface area contributed by atoms with Crippen LogP contribution in [0.25, 0.3) is 0 Å².